The number of carboxylic acids is 1. The third-order valence-electron chi connectivity index (χ3n) is 3.42. The number of hydrogen-bond donors (Lipinski definition) is 0. The largest absolute Gasteiger partial charge is 0.545 e. The van der Waals surface area contributed by atoms with Gasteiger partial charge in [0.15, 0.2) is 0 Å². The monoisotopic (exact) mass is 267 g/mol. The topological polar surface area (TPSA) is 66.4 Å². The van der Waals surface area contributed by atoms with Crippen LogP contribution in [0.5, 0.6) is 5.75 Å². The molecule has 1 unspecified atom stereocenters. The summed E-state index contributed by atoms with van der Waals surface area (Å²) < 4.78 is 5.17. The highest BCUT2D eigenvalue weighted by Crippen LogP contribution is 2.38. The molecule has 0 saturated heterocycles. The summed E-state index contributed by atoms with van der Waals surface area (Å²) in [6.45, 7) is 0. The maximum atomic E-state index is 11.7. The minimum absolute atomic E-state index is 0.0858. The van der Waals surface area contributed by atoms with E-state index in [9.17, 15) is 14.7 Å². The van der Waals surface area contributed by atoms with Gasteiger partial charge in [-0.3, -0.25) is 4.79 Å². The molecule has 3 rings (SSSR count). The van der Waals surface area contributed by atoms with Crippen LogP contribution in [0, 0.1) is 0 Å². The molecular formula is C16H11O4-. The summed E-state index contributed by atoms with van der Waals surface area (Å²) in [5.74, 6) is -1.32. The number of ether oxygens (including phenoxy) is 1. The number of rotatable bonds is 2. The lowest BCUT2D eigenvalue weighted by Crippen LogP contribution is -2.25. The van der Waals surface area contributed by atoms with Gasteiger partial charge in [0, 0.05) is 11.5 Å². The molecule has 1 aliphatic rings. The van der Waals surface area contributed by atoms with Gasteiger partial charge in [0.25, 0.3) is 0 Å². The SMILES string of the molecule is O=C1CC(c2ccccc2)c2cc(C(=O)[O-])ccc2O1. The predicted molar refractivity (Wildman–Crippen MR) is 69.3 cm³/mol. The van der Waals surface area contributed by atoms with Gasteiger partial charge < -0.3 is 14.6 Å². The van der Waals surface area contributed by atoms with Crippen molar-refractivity contribution >= 4 is 11.9 Å². The van der Waals surface area contributed by atoms with E-state index in [4.69, 9.17) is 4.74 Å². The molecule has 0 spiro atoms. The van der Waals surface area contributed by atoms with Crippen molar-refractivity contribution < 1.29 is 19.4 Å². The van der Waals surface area contributed by atoms with Crippen molar-refractivity contribution in [1.29, 1.82) is 0 Å². The molecule has 1 heterocycles. The summed E-state index contributed by atoms with van der Waals surface area (Å²) in [6.07, 6.45) is 0.202. The van der Waals surface area contributed by atoms with Crippen molar-refractivity contribution in [2.45, 2.75) is 12.3 Å². The molecule has 0 amide bonds. The normalized spacial score (nSPS) is 17.2. The molecule has 4 heteroatoms. The number of carbonyl (C=O) groups excluding carboxylic acids is 2. The van der Waals surface area contributed by atoms with E-state index in [0.29, 0.717) is 11.3 Å². The number of carboxylic acid groups (broad SMARTS) is 1. The summed E-state index contributed by atoms with van der Waals surface area (Å²) in [7, 11) is 0. The maximum Gasteiger partial charge on any atom is 0.312 e. The Morgan fingerprint density at radius 1 is 1.15 bits per heavy atom. The summed E-state index contributed by atoms with van der Waals surface area (Å²) in [5, 5.41) is 11.0. The van der Waals surface area contributed by atoms with Crippen LogP contribution in [-0.4, -0.2) is 11.9 Å². The van der Waals surface area contributed by atoms with Crippen LogP contribution in [0.2, 0.25) is 0 Å². The summed E-state index contributed by atoms with van der Waals surface area (Å²) >= 11 is 0. The van der Waals surface area contributed by atoms with E-state index in [2.05, 4.69) is 0 Å². The standard InChI is InChI=1S/C16H12O4/c17-15-9-12(10-4-2-1-3-5-10)13-8-11(16(18)19)6-7-14(13)20-15/h1-8,12H,9H2,(H,18,19)/p-1. The van der Waals surface area contributed by atoms with E-state index in [1.54, 1.807) is 0 Å². The van der Waals surface area contributed by atoms with Crippen molar-refractivity contribution in [3.05, 3.63) is 65.2 Å². The first-order chi connectivity index (χ1) is 9.65. The van der Waals surface area contributed by atoms with Gasteiger partial charge in [0.2, 0.25) is 0 Å². The predicted octanol–water partition coefficient (Wildman–Crippen LogP) is 1.49. The highest BCUT2D eigenvalue weighted by atomic mass is 16.5. The van der Waals surface area contributed by atoms with Crippen LogP contribution in [0.1, 0.15) is 33.8 Å². The summed E-state index contributed by atoms with van der Waals surface area (Å²) in [6, 6.07) is 13.9. The van der Waals surface area contributed by atoms with Gasteiger partial charge >= 0.3 is 5.97 Å². The molecule has 1 aliphatic heterocycles. The first-order valence-electron chi connectivity index (χ1n) is 6.26. The Balaban J connectivity index is 2.12. The van der Waals surface area contributed by atoms with Crippen LogP contribution >= 0.6 is 0 Å². The molecule has 20 heavy (non-hydrogen) atoms. The molecule has 0 saturated carbocycles. The quantitative estimate of drug-likeness (QED) is 0.610. The molecular weight excluding hydrogens is 256 g/mol. The van der Waals surface area contributed by atoms with Crippen molar-refractivity contribution in [2.75, 3.05) is 0 Å². The Labute approximate surface area is 115 Å². The Kier molecular flexibility index (Phi) is 2.99. The number of esters is 1. The van der Waals surface area contributed by atoms with Crippen molar-refractivity contribution in [1.82, 2.24) is 0 Å². The molecule has 1 atom stereocenters. The van der Waals surface area contributed by atoms with Crippen molar-refractivity contribution in [2.24, 2.45) is 0 Å². The Bertz CT molecular complexity index is 676. The van der Waals surface area contributed by atoms with Gasteiger partial charge in [-0.25, -0.2) is 0 Å². The molecule has 2 aromatic carbocycles. The number of hydrogen-bond acceptors (Lipinski definition) is 4. The molecule has 0 N–H and O–H groups in total. The highest BCUT2D eigenvalue weighted by Gasteiger charge is 2.28. The minimum Gasteiger partial charge on any atom is -0.545 e. The Hall–Kier alpha value is -2.62. The zero-order valence-corrected chi connectivity index (χ0v) is 10.5. The number of aromatic carboxylic acids is 1. The molecule has 0 bridgehead atoms. The van der Waals surface area contributed by atoms with E-state index in [1.165, 1.54) is 18.2 Å². The van der Waals surface area contributed by atoms with Crippen LogP contribution in [0.25, 0.3) is 0 Å². The van der Waals surface area contributed by atoms with Crippen LogP contribution < -0.4 is 9.84 Å². The van der Waals surface area contributed by atoms with Gasteiger partial charge in [0.1, 0.15) is 5.75 Å². The van der Waals surface area contributed by atoms with E-state index >= 15 is 0 Å². The van der Waals surface area contributed by atoms with Crippen LogP contribution in [0.4, 0.5) is 0 Å². The average Bonchev–Trinajstić information content (AvgIpc) is 2.46. The van der Waals surface area contributed by atoms with Gasteiger partial charge in [-0.2, -0.15) is 0 Å². The molecule has 100 valence electrons. The van der Waals surface area contributed by atoms with Crippen molar-refractivity contribution in [3.63, 3.8) is 0 Å². The molecule has 0 radical (unpaired) electrons. The third kappa shape index (κ3) is 2.16. The fraction of sp³-hybridized carbons (Fsp3) is 0.125. The van der Waals surface area contributed by atoms with E-state index in [-0.39, 0.29) is 23.9 Å². The van der Waals surface area contributed by atoms with E-state index in [1.807, 2.05) is 30.3 Å². The minimum atomic E-state index is -1.24. The molecule has 0 fully saturated rings. The zero-order valence-electron chi connectivity index (χ0n) is 10.5. The summed E-state index contributed by atoms with van der Waals surface area (Å²) in [5.41, 5.74) is 1.75. The van der Waals surface area contributed by atoms with E-state index in [0.717, 1.165) is 5.56 Å². The molecule has 4 nitrogen and oxygen atoms in total. The number of fused-ring (bicyclic) bond motifs is 1. The molecule has 0 aromatic heterocycles. The van der Waals surface area contributed by atoms with Crippen LogP contribution in [0.3, 0.4) is 0 Å². The van der Waals surface area contributed by atoms with Gasteiger partial charge in [-0.1, -0.05) is 30.3 Å². The van der Waals surface area contributed by atoms with E-state index < -0.39 is 5.97 Å². The number of carbonyl (C=O) groups is 2. The first-order valence-corrected chi connectivity index (χ1v) is 6.26. The third-order valence-corrected chi connectivity index (χ3v) is 3.42. The molecule has 0 aliphatic carbocycles. The second kappa shape index (κ2) is 4.81. The lowest BCUT2D eigenvalue weighted by atomic mass is 9.85. The lowest BCUT2D eigenvalue weighted by molar-refractivity contribution is -0.255. The second-order valence-electron chi connectivity index (χ2n) is 4.68. The average molecular weight is 267 g/mol. The van der Waals surface area contributed by atoms with Gasteiger partial charge in [-0.15, -0.1) is 0 Å². The van der Waals surface area contributed by atoms with Gasteiger partial charge in [-0.05, 0) is 29.3 Å². The van der Waals surface area contributed by atoms with Gasteiger partial charge in [0.05, 0.1) is 12.4 Å². The zero-order chi connectivity index (χ0) is 14.1. The molecule has 2 aromatic rings. The summed E-state index contributed by atoms with van der Waals surface area (Å²) in [4.78, 5) is 22.7. The smallest absolute Gasteiger partial charge is 0.312 e. The second-order valence-corrected chi connectivity index (χ2v) is 4.68. The van der Waals surface area contributed by atoms with Crippen LogP contribution in [-0.2, 0) is 4.79 Å². The lowest BCUT2D eigenvalue weighted by Gasteiger charge is -2.25. The Morgan fingerprint density at radius 3 is 2.60 bits per heavy atom. The first kappa shape index (κ1) is 12.4. The maximum absolute atomic E-state index is 11.7. The highest BCUT2D eigenvalue weighted by molar-refractivity contribution is 5.87. The van der Waals surface area contributed by atoms with Crippen LogP contribution in [0.15, 0.2) is 48.5 Å². The Morgan fingerprint density at radius 2 is 1.90 bits per heavy atom. The van der Waals surface area contributed by atoms with Crippen molar-refractivity contribution in [3.8, 4) is 5.75 Å². The fourth-order valence-electron chi connectivity index (χ4n) is 2.46. The number of benzene rings is 2. The fourth-order valence-corrected chi connectivity index (χ4v) is 2.46.